The quantitative estimate of drug-likeness (QED) is 0.777. The van der Waals surface area contributed by atoms with E-state index in [-0.39, 0.29) is 24.4 Å². The van der Waals surface area contributed by atoms with Gasteiger partial charge in [-0.3, -0.25) is 14.5 Å². The van der Waals surface area contributed by atoms with Crippen molar-refractivity contribution < 1.29 is 14.7 Å². The molecule has 2 N–H and O–H groups in total. The third-order valence-electron chi connectivity index (χ3n) is 5.42. The largest absolute Gasteiger partial charge is 0.389 e. The zero-order valence-corrected chi connectivity index (χ0v) is 16.0. The normalized spacial score (nSPS) is 25.0. The molecule has 0 spiro atoms. The van der Waals surface area contributed by atoms with Crippen LogP contribution < -0.4 is 5.32 Å². The molecule has 2 aliphatic heterocycles. The molecule has 2 saturated heterocycles. The molecule has 2 atom stereocenters. The first-order chi connectivity index (χ1) is 13.0. The SMILES string of the molecule is CN1CCCN(CC(=O)NC2CCN(C(=O)c3ccccc3)CC2O)CC1. The number of likely N-dealkylation sites (tertiary alicyclic amines) is 1. The number of amides is 2. The minimum atomic E-state index is -0.745. The molecule has 1 aromatic rings. The fourth-order valence-electron chi connectivity index (χ4n) is 3.76. The van der Waals surface area contributed by atoms with Gasteiger partial charge in [-0.25, -0.2) is 0 Å². The molecular weight excluding hydrogens is 344 g/mol. The summed E-state index contributed by atoms with van der Waals surface area (Å²) in [4.78, 5) is 31.0. The van der Waals surface area contributed by atoms with Crippen LogP contribution in [0.1, 0.15) is 23.2 Å². The number of β-amino-alcohol motifs (C(OH)–C–C–N with tert-alkyl or cyclic N) is 1. The Morgan fingerprint density at radius 3 is 2.63 bits per heavy atom. The van der Waals surface area contributed by atoms with E-state index in [9.17, 15) is 14.7 Å². The van der Waals surface area contributed by atoms with Crippen LogP contribution in [0.5, 0.6) is 0 Å². The fourth-order valence-corrected chi connectivity index (χ4v) is 3.76. The standard InChI is InChI=1S/C20H30N4O3/c1-22-9-5-10-23(13-12-22)15-19(26)21-17-8-11-24(14-18(17)25)20(27)16-6-3-2-4-7-16/h2-4,6-7,17-18,25H,5,8-15H2,1H3,(H,21,26). The van der Waals surface area contributed by atoms with Gasteiger partial charge in [-0.1, -0.05) is 18.2 Å². The minimum absolute atomic E-state index is 0.0496. The molecule has 2 fully saturated rings. The zero-order valence-electron chi connectivity index (χ0n) is 16.0. The minimum Gasteiger partial charge on any atom is -0.389 e. The molecule has 27 heavy (non-hydrogen) atoms. The number of nitrogens with zero attached hydrogens (tertiary/aromatic N) is 3. The van der Waals surface area contributed by atoms with Gasteiger partial charge in [0.15, 0.2) is 0 Å². The monoisotopic (exact) mass is 374 g/mol. The molecular formula is C20H30N4O3. The Kier molecular flexibility index (Phi) is 6.82. The maximum atomic E-state index is 12.5. The lowest BCUT2D eigenvalue weighted by Crippen LogP contribution is -2.56. The van der Waals surface area contributed by atoms with Crippen LogP contribution in [0.4, 0.5) is 0 Å². The first-order valence-corrected chi connectivity index (χ1v) is 9.75. The molecule has 148 valence electrons. The average Bonchev–Trinajstić information content (AvgIpc) is 2.87. The highest BCUT2D eigenvalue weighted by Gasteiger charge is 2.31. The van der Waals surface area contributed by atoms with Gasteiger partial charge in [-0.15, -0.1) is 0 Å². The maximum Gasteiger partial charge on any atom is 0.253 e. The second kappa shape index (κ2) is 9.30. The number of piperidine rings is 1. The molecule has 2 aliphatic rings. The van der Waals surface area contributed by atoms with Gasteiger partial charge in [0.1, 0.15) is 0 Å². The van der Waals surface area contributed by atoms with Gasteiger partial charge >= 0.3 is 0 Å². The van der Waals surface area contributed by atoms with Crippen molar-refractivity contribution in [1.82, 2.24) is 20.0 Å². The summed E-state index contributed by atoms with van der Waals surface area (Å²) in [5, 5.41) is 13.4. The lowest BCUT2D eigenvalue weighted by Gasteiger charge is -2.36. The zero-order chi connectivity index (χ0) is 19.2. The predicted octanol–water partition coefficient (Wildman–Crippen LogP) is 0.0157. The smallest absolute Gasteiger partial charge is 0.253 e. The highest BCUT2D eigenvalue weighted by atomic mass is 16.3. The van der Waals surface area contributed by atoms with Crippen LogP contribution in [0.2, 0.25) is 0 Å². The van der Waals surface area contributed by atoms with Crippen molar-refractivity contribution in [2.24, 2.45) is 0 Å². The Labute approximate surface area is 160 Å². The number of benzene rings is 1. The summed E-state index contributed by atoms with van der Waals surface area (Å²) in [6.45, 7) is 4.97. The number of hydrogen-bond acceptors (Lipinski definition) is 5. The Bertz CT molecular complexity index is 639. The molecule has 0 saturated carbocycles. The second-order valence-corrected chi connectivity index (χ2v) is 7.58. The summed E-state index contributed by atoms with van der Waals surface area (Å²) in [6.07, 6.45) is 0.881. The lowest BCUT2D eigenvalue weighted by molar-refractivity contribution is -0.124. The van der Waals surface area contributed by atoms with E-state index in [4.69, 9.17) is 0 Å². The van der Waals surface area contributed by atoms with Gasteiger partial charge in [0.05, 0.1) is 18.7 Å². The number of aliphatic hydroxyl groups excluding tert-OH is 1. The van der Waals surface area contributed by atoms with Gasteiger partial charge in [-0.05, 0) is 45.1 Å². The maximum absolute atomic E-state index is 12.5. The Morgan fingerprint density at radius 1 is 1.11 bits per heavy atom. The summed E-state index contributed by atoms with van der Waals surface area (Å²) in [7, 11) is 2.10. The van der Waals surface area contributed by atoms with Crippen LogP contribution in [0.3, 0.4) is 0 Å². The van der Waals surface area contributed by atoms with Crippen molar-refractivity contribution in [3.8, 4) is 0 Å². The van der Waals surface area contributed by atoms with Crippen molar-refractivity contribution in [2.75, 3.05) is 52.9 Å². The van der Waals surface area contributed by atoms with Crippen LogP contribution in [0.25, 0.3) is 0 Å². The van der Waals surface area contributed by atoms with E-state index in [0.29, 0.717) is 25.1 Å². The number of carbonyl (C=O) groups excluding carboxylic acids is 2. The summed E-state index contributed by atoms with van der Waals surface area (Å²) in [5.74, 6) is -0.125. The number of likely N-dealkylation sites (N-methyl/N-ethyl adjacent to an activating group) is 1. The molecule has 3 rings (SSSR count). The van der Waals surface area contributed by atoms with E-state index in [1.165, 1.54) is 0 Å². The van der Waals surface area contributed by atoms with Crippen LogP contribution in [-0.4, -0.2) is 96.6 Å². The summed E-state index contributed by atoms with van der Waals surface area (Å²) in [6, 6.07) is 8.79. The molecule has 7 heteroatoms. The van der Waals surface area contributed by atoms with Gasteiger partial charge in [0.2, 0.25) is 5.91 Å². The Morgan fingerprint density at radius 2 is 1.89 bits per heavy atom. The van der Waals surface area contributed by atoms with Crippen molar-refractivity contribution in [1.29, 1.82) is 0 Å². The van der Waals surface area contributed by atoms with E-state index < -0.39 is 6.10 Å². The molecule has 0 bridgehead atoms. The molecule has 1 aromatic carbocycles. The summed E-state index contributed by atoms with van der Waals surface area (Å²) < 4.78 is 0. The van der Waals surface area contributed by atoms with E-state index in [0.717, 1.165) is 32.6 Å². The lowest BCUT2D eigenvalue weighted by atomic mass is 10.0. The number of nitrogens with one attached hydrogen (secondary N) is 1. The highest BCUT2D eigenvalue weighted by molar-refractivity contribution is 5.94. The Balaban J connectivity index is 1.47. The second-order valence-electron chi connectivity index (χ2n) is 7.58. The molecule has 2 unspecified atom stereocenters. The third kappa shape index (κ3) is 5.51. The first-order valence-electron chi connectivity index (χ1n) is 9.75. The van der Waals surface area contributed by atoms with E-state index >= 15 is 0 Å². The number of aliphatic hydroxyl groups is 1. The van der Waals surface area contributed by atoms with Crippen LogP contribution >= 0.6 is 0 Å². The topological polar surface area (TPSA) is 76.1 Å². The average molecular weight is 374 g/mol. The van der Waals surface area contributed by atoms with Crippen molar-refractivity contribution >= 4 is 11.8 Å². The van der Waals surface area contributed by atoms with Crippen LogP contribution in [0.15, 0.2) is 30.3 Å². The molecule has 0 aromatic heterocycles. The van der Waals surface area contributed by atoms with Crippen molar-refractivity contribution in [2.45, 2.75) is 25.0 Å². The summed E-state index contributed by atoms with van der Waals surface area (Å²) >= 11 is 0. The molecule has 7 nitrogen and oxygen atoms in total. The van der Waals surface area contributed by atoms with Gasteiger partial charge < -0.3 is 20.2 Å². The molecule has 0 aliphatic carbocycles. The first kappa shape index (κ1) is 19.8. The Hall–Kier alpha value is -1.96. The van der Waals surface area contributed by atoms with E-state index in [2.05, 4.69) is 22.2 Å². The number of carbonyl (C=O) groups is 2. The van der Waals surface area contributed by atoms with Crippen molar-refractivity contribution in [3.05, 3.63) is 35.9 Å². The molecule has 2 amide bonds. The van der Waals surface area contributed by atoms with Crippen LogP contribution in [-0.2, 0) is 4.79 Å². The van der Waals surface area contributed by atoms with E-state index in [1.54, 1.807) is 17.0 Å². The number of hydrogen-bond donors (Lipinski definition) is 2. The van der Waals surface area contributed by atoms with Gasteiger partial charge in [-0.2, -0.15) is 0 Å². The fraction of sp³-hybridized carbons (Fsp3) is 0.600. The summed E-state index contributed by atoms with van der Waals surface area (Å²) in [5.41, 5.74) is 0.623. The van der Waals surface area contributed by atoms with Gasteiger partial charge in [0, 0.05) is 31.7 Å². The predicted molar refractivity (Wildman–Crippen MR) is 103 cm³/mol. The highest BCUT2D eigenvalue weighted by Crippen LogP contribution is 2.15. The van der Waals surface area contributed by atoms with Gasteiger partial charge in [0.25, 0.3) is 5.91 Å². The number of rotatable bonds is 4. The molecule has 0 radical (unpaired) electrons. The van der Waals surface area contributed by atoms with Crippen molar-refractivity contribution in [3.63, 3.8) is 0 Å². The van der Waals surface area contributed by atoms with E-state index in [1.807, 2.05) is 18.2 Å². The molecule has 2 heterocycles. The van der Waals surface area contributed by atoms with Crippen LogP contribution in [0, 0.1) is 0 Å². The third-order valence-corrected chi connectivity index (χ3v) is 5.42.